The molecule has 0 aliphatic carbocycles. The third kappa shape index (κ3) is 3.76. The van der Waals surface area contributed by atoms with Crippen LogP contribution < -0.4 is 10.5 Å². The van der Waals surface area contributed by atoms with Crippen LogP contribution in [0.4, 0.5) is 16.0 Å². The van der Waals surface area contributed by atoms with Gasteiger partial charge in [0.2, 0.25) is 5.95 Å². The topological polar surface area (TPSA) is 111 Å². The summed E-state index contributed by atoms with van der Waals surface area (Å²) in [5.41, 5.74) is 8.08. The van der Waals surface area contributed by atoms with E-state index in [4.69, 9.17) is 5.73 Å². The molecule has 0 bridgehead atoms. The van der Waals surface area contributed by atoms with Gasteiger partial charge in [0.15, 0.2) is 0 Å². The van der Waals surface area contributed by atoms with Gasteiger partial charge in [0.1, 0.15) is 10.6 Å². The largest absolute Gasteiger partial charge is 0.368 e. The summed E-state index contributed by atoms with van der Waals surface area (Å²) >= 11 is 1.42. The Hall–Kier alpha value is -3.11. The van der Waals surface area contributed by atoms with Gasteiger partial charge in [-0.2, -0.15) is 0 Å². The molecular formula is C19H16FN5O2S2. The molecule has 0 saturated heterocycles. The van der Waals surface area contributed by atoms with Crippen LogP contribution in [0.2, 0.25) is 0 Å². The van der Waals surface area contributed by atoms with Gasteiger partial charge in [0, 0.05) is 22.0 Å². The molecule has 148 valence electrons. The summed E-state index contributed by atoms with van der Waals surface area (Å²) in [5.74, 6) is -0.300. The first kappa shape index (κ1) is 19.2. The van der Waals surface area contributed by atoms with Gasteiger partial charge >= 0.3 is 0 Å². The lowest BCUT2D eigenvalue weighted by atomic mass is 10.2. The fourth-order valence-electron chi connectivity index (χ4n) is 2.82. The van der Waals surface area contributed by atoms with Crippen LogP contribution in [0.1, 0.15) is 11.4 Å². The van der Waals surface area contributed by atoms with Gasteiger partial charge in [0.05, 0.1) is 22.0 Å². The average Bonchev–Trinajstić information content (AvgIpc) is 3.08. The zero-order valence-corrected chi connectivity index (χ0v) is 17.1. The Morgan fingerprint density at radius 3 is 2.52 bits per heavy atom. The molecule has 3 N–H and O–H groups in total. The molecule has 0 spiro atoms. The highest BCUT2D eigenvalue weighted by molar-refractivity contribution is 7.92. The highest BCUT2D eigenvalue weighted by Crippen LogP contribution is 2.35. The van der Waals surface area contributed by atoms with Crippen molar-refractivity contribution < 1.29 is 12.8 Å². The maximum absolute atomic E-state index is 13.1. The first-order valence-corrected chi connectivity index (χ1v) is 10.8. The molecule has 7 nitrogen and oxygen atoms in total. The number of aryl methyl sites for hydroxylation is 2. The van der Waals surface area contributed by atoms with E-state index in [1.807, 2.05) is 13.0 Å². The van der Waals surface area contributed by atoms with Crippen LogP contribution in [0.3, 0.4) is 0 Å². The number of nitrogens with zero attached hydrogens (tertiary/aromatic N) is 3. The van der Waals surface area contributed by atoms with E-state index in [9.17, 15) is 12.8 Å². The van der Waals surface area contributed by atoms with E-state index in [0.29, 0.717) is 11.4 Å². The summed E-state index contributed by atoms with van der Waals surface area (Å²) in [6.07, 6.45) is 1.67. The molecule has 4 aromatic rings. The quantitative estimate of drug-likeness (QED) is 0.509. The molecule has 3 aromatic heterocycles. The minimum atomic E-state index is -3.88. The molecule has 10 heteroatoms. The molecule has 0 fully saturated rings. The van der Waals surface area contributed by atoms with Crippen molar-refractivity contribution in [3.8, 4) is 10.4 Å². The highest BCUT2D eigenvalue weighted by Gasteiger charge is 2.17. The molecule has 0 aliphatic heterocycles. The first-order valence-electron chi connectivity index (χ1n) is 8.52. The smallest absolute Gasteiger partial charge is 0.261 e. The maximum atomic E-state index is 13.1. The van der Waals surface area contributed by atoms with Gasteiger partial charge in [-0.15, -0.1) is 11.3 Å². The summed E-state index contributed by atoms with van der Waals surface area (Å²) in [4.78, 5) is 14.3. The number of fused-ring (bicyclic) bond motifs is 1. The molecule has 0 radical (unpaired) electrons. The molecule has 0 aliphatic rings. The Balaban J connectivity index is 1.73. The Kier molecular flexibility index (Phi) is 4.67. The Labute approximate surface area is 170 Å². The summed E-state index contributed by atoms with van der Waals surface area (Å²) < 4.78 is 40.9. The van der Waals surface area contributed by atoms with Gasteiger partial charge in [-0.25, -0.2) is 22.8 Å². The van der Waals surface area contributed by atoms with Crippen molar-refractivity contribution in [2.75, 3.05) is 10.5 Å². The van der Waals surface area contributed by atoms with Crippen LogP contribution in [-0.2, 0) is 10.0 Å². The fourth-order valence-corrected chi connectivity index (χ4v) is 4.99. The highest BCUT2D eigenvalue weighted by atomic mass is 32.2. The molecule has 0 atom stereocenters. The number of sulfonamides is 1. The second-order valence-corrected chi connectivity index (χ2v) is 9.13. The standard InChI is InChI=1S/C19H16FN5O2S2/c1-10-15-8-17(28-18(15)24-19(21)23-10)12-7-16(11(2)22-9-12)25-29(26,27)14-5-3-13(20)4-6-14/h3-9,25H,1-2H3,(H2,21,23,24). The van der Waals surface area contributed by atoms with Crippen molar-refractivity contribution >= 4 is 43.2 Å². The van der Waals surface area contributed by atoms with Crippen LogP contribution in [0.25, 0.3) is 20.7 Å². The monoisotopic (exact) mass is 429 g/mol. The summed E-state index contributed by atoms with van der Waals surface area (Å²) in [6.45, 7) is 3.56. The first-order chi connectivity index (χ1) is 13.7. The lowest BCUT2D eigenvalue weighted by molar-refractivity contribution is 0.599. The number of nitrogens with one attached hydrogen (secondary N) is 1. The van der Waals surface area contributed by atoms with Gasteiger partial charge < -0.3 is 5.73 Å². The number of nitrogen functional groups attached to an aromatic ring is 1. The lowest BCUT2D eigenvalue weighted by Gasteiger charge is -2.11. The van der Waals surface area contributed by atoms with Crippen LogP contribution in [0.5, 0.6) is 0 Å². The van der Waals surface area contributed by atoms with Crippen molar-refractivity contribution in [2.24, 2.45) is 0 Å². The molecule has 4 rings (SSSR count). The van der Waals surface area contributed by atoms with Crippen LogP contribution in [0.15, 0.2) is 47.5 Å². The number of pyridine rings is 1. The number of aromatic nitrogens is 3. The third-order valence-electron chi connectivity index (χ3n) is 4.34. The van der Waals surface area contributed by atoms with Gasteiger partial charge in [-0.3, -0.25) is 9.71 Å². The van der Waals surface area contributed by atoms with Crippen LogP contribution in [-0.4, -0.2) is 23.4 Å². The van der Waals surface area contributed by atoms with Crippen molar-refractivity contribution in [2.45, 2.75) is 18.7 Å². The van der Waals surface area contributed by atoms with Crippen molar-refractivity contribution in [1.29, 1.82) is 0 Å². The molecule has 0 amide bonds. The predicted molar refractivity (Wildman–Crippen MR) is 112 cm³/mol. The Bertz CT molecular complexity index is 1330. The van der Waals surface area contributed by atoms with E-state index in [1.165, 1.54) is 23.5 Å². The number of nitrogens with two attached hydrogens (primary N) is 1. The zero-order valence-electron chi connectivity index (χ0n) is 15.5. The van der Waals surface area contributed by atoms with Crippen molar-refractivity contribution in [3.05, 3.63) is 59.8 Å². The summed E-state index contributed by atoms with van der Waals surface area (Å²) in [5, 5.41) is 0.883. The SMILES string of the molecule is Cc1ncc(-c2cc3c(C)nc(N)nc3s2)cc1NS(=O)(=O)c1ccc(F)cc1. The average molecular weight is 430 g/mol. The summed E-state index contributed by atoms with van der Waals surface area (Å²) in [6, 6.07) is 8.26. The number of halogens is 1. The second-order valence-electron chi connectivity index (χ2n) is 6.41. The summed E-state index contributed by atoms with van der Waals surface area (Å²) in [7, 11) is -3.88. The van der Waals surface area contributed by atoms with Gasteiger partial charge in [0.25, 0.3) is 10.0 Å². The lowest BCUT2D eigenvalue weighted by Crippen LogP contribution is -2.14. The minimum Gasteiger partial charge on any atom is -0.368 e. The number of hydrogen-bond acceptors (Lipinski definition) is 7. The normalized spacial score (nSPS) is 11.7. The second kappa shape index (κ2) is 7.05. The number of rotatable bonds is 4. The van der Waals surface area contributed by atoms with E-state index in [0.717, 1.165) is 38.5 Å². The van der Waals surface area contributed by atoms with E-state index < -0.39 is 15.8 Å². The minimum absolute atomic E-state index is 0.0352. The Morgan fingerprint density at radius 1 is 1.07 bits per heavy atom. The number of anilines is 2. The van der Waals surface area contributed by atoms with Crippen molar-refractivity contribution in [3.63, 3.8) is 0 Å². The third-order valence-corrected chi connectivity index (χ3v) is 6.80. The number of benzene rings is 1. The predicted octanol–water partition coefficient (Wildman–Crippen LogP) is 3.89. The molecular weight excluding hydrogens is 413 g/mol. The van der Waals surface area contributed by atoms with Crippen LogP contribution >= 0.6 is 11.3 Å². The molecule has 0 unspecified atom stereocenters. The molecule has 1 aromatic carbocycles. The van der Waals surface area contributed by atoms with E-state index in [-0.39, 0.29) is 10.8 Å². The molecule has 0 saturated carbocycles. The van der Waals surface area contributed by atoms with E-state index in [2.05, 4.69) is 19.7 Å². The number of hydrogen-bond donors (Lipinski definition) is 2. The van der Waals surface area contributed by atoms with E-state index in [1.54, 1.807) is 19.2 Å². The van der Waals surface area contributed by atoms with Gasteiger partial charge in [-0.1, -0.05) is 0 Å². The maximum Gasteiger partial charge on any atom is 0.261 e. The van der Waals surface area contributed by atoms with Gasteiger partial charge in [-0.05, 0) is 50.2 Å². The van der Waals surface area contributed by atoms with E-state index >= 15 is 0 Å². The van der Waals surface area contributed by atoms with Crippen LogP contribution in [0, 0.1) is 19.7 Å². The molecule has 29 heavy (non-hydrogen) atoms. The fraction of sp³-hybridized carbons (Fsp3) is 0.105. The molecule has 3 heterocycles. The Morgan fingerprint density at radius 2 is 1.79 bits per heavy atom. The number of thiophene rings is 1. The zero-order chi connectivity index (χ0) is 20.8. The van der Waals surface area contributed by atoms with Crippen molar-refractivity contribution in [1.82, 2.24) is 15.0 Å².